The van der Waals surface area contributed by atoms with E-state index in [-0.39, 0.29) is 6.10 Å². The Morgan fingerprint density at radius 2 is 2.25 bits per heavy atom. The SMILES string of the molecule is C=CC(O)C#CC#C/C=C/C1CCCCO1. The average Bonchev–Trinajstić information content (AvgIpc) is 2.34. The predicted octanol–water partition coefficient (Wildman–Crippen LogP) is 1.67. The van der Waals surface area contributed by atoms with Gasteiger partial charge in [0.05, 0.1) is 6.10 Å². The summed E-state index contributed by atoms with van der Waals surface area (Å²) in [5, 5.41) is 9.02. The largest absolute Gasteiger partial charge is 0.377 e. The third kappa shape index (κ3) is 5.41. The van der Waals surface area contributed by atoms with Gasteiger partial charge in [0.25, 0.3) is 0 Å². The predicted molar refractivity (Wildman–Crippen MR) is 64.5 cm³/mol. The lowest BCUT2D eigenvalue weighted by atomic mass is 10.1. The smallest absolute Gasteiger partial charge is 0.134 e. The number of hydrogen-bond donors (Lipinski definition) is 1. The third-order valence-electron chi connectivity index (χ3n) is 2.19. The Balaban J connectivity index is 2.31. The fourth-order valence-corrected chi connectivity index (χ4v) is 1.32. The lowest BCUT2D eigenvalue weighted by Crippen LogP contribution is -2.15. The van der Waals surface area contributed by atoms with Gasteiger partial charge in [-0.2, -0.15) is 0 Å². The molecule has 0 aromatic heterocycles. The van der Waals surface area contributed by atoms with Crippen molar-refractivity contribution in [2.75, 3.05) is 6.61 Å². The highest BCUT2D eigenvalue weighted by atomic mass is 16.5. The van der Waals surface area contributed by atoms with Crippen LogP contribution in [-0.4, -0.2) is 23.9 Å². The first-order valence-corrected chi connectivity index (χ1v) is 5.43. The van der Waals surface area contributed by atoms with Crippen molar-refractivity contribution < 1.29 is 9.84 Å². The molecule has 1 aliphatic rings. The van der Waals surface area contributed by atoms with Crippen LogP contribution in [0, 0.1) is 23.7 Å². The van der Waals surface area contributed by atoms with Crippen LogP contribution >= 0.6 is 0 Å². The Bertz CT molecular complexity index is 354. The van der Waals surface area contributed by atoms with Gasteiger partial charge in [0.1, 0.15) is 6.10 Å². The summed E-state index contributed by atoms with van der Waals surface area (Å²) in [7, 11) is 0. The molecule has 0 bridgehead atoms. The number of hydrogen-bond acceptors (Lipinski definition) is 2. The van der Waals surface area contributed by atoms with Gasteiger partial charge in [0.2, 0.25) is 0 Å². The molecular formula is C14H16O2. The molecule has 0 amide bonds. The first-order chi connectivity index (χ1) is 7.83. The molecule has 2 unspecified atom stereocenters. The van der Waals surface area contributed by atoms with Crippen LogP contribution in [0.3, 0.4) is 0 Å². The van der Waals surface area contributed by atoms with Gasteiger partial charge < -0.3 is 9.84 Å². The molecule has 1 heterocycles. The second-order valence-electron chi connectivity index (χ2n) is 3.48. The van der Waals surface area contributed by atoms with Gasteiger partial charge in [0, 0.05) is 6.61 Å². The van der Waals surface area contributed by atoms with Crippen LogP contribution in [0.1, 0.15) is 19.3 Å². The topological polar surface area (TPSA) is 29.5 Å². The highest BCUT2D eigenvalue weighted by molar-refractivity contribution is 5.32. The molecule has 1 N–H and O–H groups in total. The lowest BCUT2D eigenvalue weighted by molar-refractivity contribution is 0.0466. The van der Waals surface area contributed by atoms with E-state index in [1.54, 1.807) is 6.08 Å². The van der Waals surface area contributed by atoms with Crippen LogP contribution in [0.15, 0.2) is 24.8 Å². The molecule has 16 heavy (non-hydrogen) atoms. The van der Waals surface area contributed by atoms with Crippen molar-refractivity contribution in [3.05, 3.63) is 24.8 Å². The summed E-state index contributed by atoms with van der Waals surface area (Å²) in [5.41, 5.74) is 0. The van der Waals surface area contributed by atoms with E-state index in [9.17, 15) is 0 Å². The maximum absolute atomic E-state index is 9.02. The van der Waals surface area contributed by atoms with Crippen molar-refractivity contribution in [1.82, 2.24) is 0 Å². The van der Waals surface area contributed by atoms with Gasteiger partial charge >= 0.3 is 0 Å². The van der Waals surface area contributed by atoms with Crippen LogP contribution in [0.5, 0.6) is 0 Å². The maximum atomic E-state index is 9.02. The average molecular weight is 216 g/mol. The normalized spacial score (nSPS) is 21.4. The molecule has 2 heteroatoms. The van der Waals surface area contributed by atoms with Gasteiger partial charge in [0.15, 0.2) is 0 Å². The van der Waals surface area contributed by atoms with Gasteiger partial charge in [-0.25, -0.2) is 0 Å². The molecule has 1 saturated heterocycles. The monoisotopic (exact) mass is 216 g/mol. The summed E-state index contributed by atoms with van der Waals surface area (Å²) >= 11 is 0. The number of rotatable bonds is 2. The summed E-state index contributed by atoms with van der Waals surface area (Å²) in [4.78, 5) is 0. The first kappa shape index (κ1) is 12.6. The summed E-state index contributed by atoms with van der Waals surface area (Å²) < 4.78 is 5.50. The molecule has 0 aromatic carbocycles. The molecule has 1 aliphatic heterocycles. The van der Waals surface area contributed by atoms with E-state index in [0.717, 1.165) is 19.4 Å². The van der Waals surface area contributed by atoms with Crippen LogP contribution in [0.4, 0.5) is 0 Å². The number of aliphatic hydroxyl groups excluding tert-OH is 1. The van der Waals surface area contributed by atoms with Gasteiger partial charge in [-0.05, 0) is 43.3 Å². The number of allylic oxidation sites excluding steroid dienone is 1. The van der Waals surface area contributed by atoms with Gasteiger partial charge in [-0.1, -0.05) is 24.5 Å². The van der Waals surface area contributed by atoms with Crippen LogP contribution in [0.2, 0.25) is 0 Å². The minimum Gasteiger partial charge on any atom is -0.377 e. The Morgan fingerprint density at radius 1 is 1.38 bits per heavy atom. The van der Waals surface area contributed by atoms with Crippen molar-refractivity contribution in [1.29, 1.82) is 0 Å². The minimum atomic E-state index is -0.792. The van der Waals surface area contributed by atoms with E-state index in [1.807, 2.05) is 6.08 Å². The van der Waals surface area contributed by atoms with Crippen molar-refractivity contribution >= 4 is 0 Å². The maximum Gasteiger partial charge on any atom is 0.134 e. The second kappa shape index (κ2) is 7.77. The van der Waals surface area contributed by atoms with E-state index < -0.39 is 6.10 Å². The highest BCUT2D eigenvalue weighted by Crippen LogP contribution is 2.12. The molecule has 1 fully saturated rings. The van der Waals surface area contributed by atoms with Crippen molar-refractivity contribution in [2.45, 2.75) is 31.5 Å². The van der Waals surface area contributed by atoms with Gasteiger partial charge in [-0.15, -0.1) is 0 Å². The van der Waals surface area contributed by atoms with Gasteiger partial charge in [-0.3, -0.25) is 0 Å². The summed E-state index contributed by atoms with van der Waals surface area (Å²) in [6, 6.07) is 0. The first-order valence-electron chi connectivity index (χ1n) is 5.43. The fraction of sp³-hybridized carbons (Fsp3) is 0.429. The molecule has 0 spiro atoms. The molecule has 0 aliphatic carbocycles. The van der Waals surface area contributed by atoms with Crippen LogP contribution in [-0.2, 0) is 4.74 Å². The molecular weight excluding hydrogens is 200 g/mol. The zero-order valence-corrected chi connectivity index (χ0v) is 9.28. The molecule has 1 rings (SSSR count). The van der Waals surface area contributed by atoms with E-state index in [4.69, 9.17) is 9.84 Å². The zero-order chi connectivity index (χ0) is 11.6. The van der Waals surface area contributed by atoms with E-state index >= 15 is 0 Å². The standard InChI is InChI=1S/C14H16O2/c1-2-13(15)9-5-3-4-6-10-14-11-7-8-12-16-14/h2,6,10,13-15H,1,7-8,11-12H2/b10-6+. The second-order valence-corrected chi connectivity index (χ2v) is 3.48. The minimum absolute atomic E-state index is 0.203. The number of aliphatic hydroxyl groups is 1. The molecule has 0 aromatic rings. The van der Waals surface area contributed by atoms with Crippen molar-refractivity contribution in [3.8, 4) is 23.7 Å². The van der Waals surface area contributed by atoms with E-state index in [1.165, 1.54) is 12.5 Å². The quantitative estimate of drug-likeness (QED) is 0.562. The van der Waals surface area contributed by atoms with Crippen molar-refractivity contribution in [2.24, 2.45) is 0 Å². The molecule has 2 atom stereocenters. The van der Waals surface area contributed by atoms with Crippen molar-refractivity contribution in [3.63, 3.8) is 0 Å². The summed E-state index contributed by atoms with van der Waals surface area (Å²) in [6.07, 6.45) is 7.92. The highest BCUT2D eigenvalue weighted by Gasteiger charge is 2.08. The van der Waals surface area contributed by atoms with E-state index in [0.29, 0.717) is 0 Å². The van der Waals surface area contributed by atoms with Crippen LogP contribution in [0.25, 0.3) is 0 Å². The molecule has 0 radical (unpaired) electrons. The lowest BCUT2D eigenvalue weighted by Gasteiger charge is -2.18. The Hall–Kier alpha value is -1.48. The number of ether oxygens (including phenoxy) is 1. The Morgan fingerprint density at radius 3 is 2.94 bits per heavy atom. The fourth-order valence-electron chi connectivity index (χ4n) is 1.32. The Labute approximate surface area is 97.0 Å². The van der Waals surface area contributed by atoms with Crippen LogP contribution < -0.4 is 0 Å². The summed E-state index contributed by atoms with van der Waals surface area (Å²) in [6.45, 7) is 4.25. The molecule has 2 nitrogen and oxygen atoms in total. The molecule has 84 valence electrons. The van der Waals surface area contributed by atoms with E-state index in [2.05, 4.69) is 30.3 Å². The third-order valence-corrected chi connectivity index (χ3v) is 2.19. The Kier molecular flexibility index (Phi) is 6.11. The zero-order valence-electron chi connectivity index (χ0n) is 9.28. The summed E-state index contributed by atoms with van der Waals surface area (Å²) in [5.74, 6) is 10.5. The molecule has 0 saturated carbocycles.